The molecule has 0 N–H and O–H groups in total. The number of nitrogens with zero attached hydrogens (tertiary/aromatic N) is 2. The summed E-state index contributed by atoms with van der Waals surface area (Å²) in [6, 6.07) is 19.7. The summed E-state index contributed by atoms with van der Waals surface area (Å²) in [7, 11) is -3.65. The summed E-state index contributed by atoms with van der Waals surface area (Å²) >= 11 is 0. The fourth-order valence-corrected chi connectivity index (χ4v) is 4.21. The maximum atomic E-state index is 13.0. The minimum absolute atomic E-state index is 0.270. The lowest BCUT2D eigenvalue weighted by Crippen LogP contribution is -2.11. The summed E-state index contributed by atoms with van der Waals surface area (Å²) in [5.41, 5.74) is 2.46. The van der Waals surface area contributed by atoms with Crippen molar-refractivity contribution in [3.8, 4) is 11.1 Å². The summed E-state index contributed by atoms with van der Waals surface area (Å²) < 4.78 is 27.4. The van der Waals surface area contributed by atoms with Crippen molar-refractivity contribution in [3.63, 3.8) is 0 Å². The second kappa shape index (κ2) is 5.62. The van der Waals surface area contributed by atoms with Gasteiger partial charge in [-0.3, -0.25) is 4.98 Å². The molecular formula is C19H14N2O2S. The molecule has 0 atom stereocenters. The number of fused-ring (bicyclic) bond motifs is 1. The van der Waals surface area contributed by atoms with Crippen molar-refractivity contribution in [2.24, 2.45) is 0 Å². The lowest BCUT2D eigenvalue weighted by molar-refractivity contribution is 0.589. The van der Waals surface area contributed by atoms with Gasteiger partial charge in [0.05, 0.1) is 10.4 Å². The number of aromatic nitrogens is 2. The first-order valence-corrected chi connectivity index (χ1v) is 8.93. The largest absolute Gasteiger partial charge is 0.268 e. The van der Waals surface area contributed by atoms with E-state index in [0.29, 0.717) is 5.52 Å². The van der Waals surface area contributed by atoms with Gasteiger partial charge in [0.15, 0.2) is 0 Å². The summed E-state index contributed by atoms with van der Waals surface area (Å²) in [5.74, 6) is 0. The second-order valence-corrected chi connectivity index (χ2v) is 7.22. The van der Waals surface area contributed by atoms with Gasteiger partial charge in [-0.05, 0) is 35.9 Å². The Morgan fingerprint density at radius 2 is 1.46 bits per heavy atom. The standard InChI is InChI=1S/C19H14N2O2S/c22-24(23,16-6-2-1-3-7-16)21-14-18(15-10-12-20-13-11-15)17-8-4-5-9-19(17)21/h1-14H. The van der Waals surface area contributed by atoms with Crippen LogP contribution in [-0.4, -0.2) is 17.4 Å². The van der Waals surface area contributed by atoms with Crippen LogP contribution in [0, 0.1) is 0 Å². The molecule has 0 unspecified atom stereocenters. The molecule has 2 aromatic heterocycles. The first kappa shape index (κ1) is 14.7. The predicted molar refractivity (Wildman–Crippen MR) is 94.2 cm³/mol. The summed E-state index contributed by atoms with van der Waals surface area (Å²) in [6.07, 6.45) is 5.09. The monoisotopic (exact) mass is 334 g/mol. The highest BCUT2D eigenvalue weighted by Crippen LogP contribution is 2.32. The zero-order valence-electron chi connectivity index (χ0n) is 12.7. The highest BCUT2D eigenvalue weighted by molar-refractivity contribution is 7.90. The summed E-state index contributed by atoms with van der Waals surface area (Å²) in [6.45, 7) is 0. The Bertz CT molecular complexity index is 1100. The molecule has 4 rings (SSSR count). The van der Waals surface area contributed by atoms with Gasteiger partial charge in [-0.15, -0.1) is 0 Å². The van der Waals surface area contributed by atoms with Crippen molar-refractivity contribution in [1.82, 2.24) is 8.96 Å². The fraction of sp³-hybridized carbons (Fsp3) is 0. The highest BCUT2D eigenvalue weighted by atomic mass is 32.2. The van der Waals surface area contributed by atoms with Crippen LogP contribution in [-0.2, 0) is 10.0 Å². The van der Waals surface area contributed by atoms with Crippen LogP contribution in [0.15, 0.2) is 90.2 Å². The quantitative estimate of drug-likeness (QED) is 0.570. The van der Waals surface area contributed by atoms with Gasteiger partial charge in [0.25, 0.3) is 10.0 Å². The third-order valence-corrected chi connectivity index (χ3v) is 5.66. The zero-order valence-corrected chi connectivity index (χ0v) is 13.5. The molecule has 0 saturated carbocycles. The van der Waals surface area contributed by atoms with E-state index in [4.69, 9.17) is 0 Å². The van der Waals surface area contributed by atoms with E-state index in [0.717, 1.165) is 16.5 Å². The van der Waals surface area contributed by atoms with E-state index >= 15 is 0 Å². The molecule has 4 aromatic rings. The van der Waals surface area contributed by atoms with E-state index < -0.39 is 10.0 Å². The molecule has 2 aromatic carbocycles. The Labute approximate surface area is 140 Å². The van der Waals surface area contributed by atoms with E-state index in [1.807, 2.05) is 36.4 Å². The molecule has 0 aliphatic heterocycles. The lowest BCUT2D eigenvalue weighted by atomic mass is 10.1. The van der Waals surface area contributed by atoms with E-state index in [-0.39, 0.29) is 4.90 Å². The number of hydrogen-bond donors (Lipinski definition) is 0. The van der Waals surface area contributed by atoms with E-state index in [9.17, 15) is 8.42 Å². The molecule has 0 spiro atoms. The summed E-state index contributed by atoms with van der Waals surface area (Å²) in [4.78, 5) is 4.30. The third kappa shape index (κ3) is 2.30. The maximum Gasteiger partial charge on any atom is 0.268 e. The SMILES string of the molecule is O=S(=O)(c1ccccc1)n1cc(-c2ccncc2)c2ccccc21. The van der Waals surface area contributed by atoms with Gasteiger partial charge in [0, 0.05) is 29.5 Å². The Balaban J connectivity index is 2.01. The van der Waals surface area contributed by atoms with E-state index in [1.165, 1.54) is 3.97 Å². The van der Waals surface area contributed by atoms with Crippen molar-refractivity contribution < 1.29 is 8.42 Å². The average Bonchev–Trinajstić information content (AvgIpc) is 3.04. The molecule has 0 radical (unpaired) electrons. The molecule has 24 heavy (non-hydrogen) atoms. The predicted octanol–water partition coefficient (Wildman–Crippen LogP) is 3.94. The molecule has 5 heteroatoms. The molecule has 0 amide bonds. The molecule has 0 saturated heterocycles. The lowest BCUT2D eigenvalue weighted by Gasteiger charge is -2.07. The average molecular weight is 334 g/mol. The normalized spacial score (nSPS) is 11.7. The van der Waals surface area contributed by atoms with Gasteiger partial charge in [0.2, 0.25) is 0 Å². The van der Waals surface area contributed by atoms with Crippen LogP contribution in [0.5, 0.6) is 0 Å². The first-order valence-electron chi connectivity index (χ1n) is 7.49. The van der Waals surface area contributed by atoms with Gasteiger partial charge >= 0.3 is 0 Å². The highest BCUT2D eigenvalue weighted by Gasteiger charge is 2.21. The molecule has 0 fully saturated rings. The third-order valence-electron chi connectivity index (χ3n) is 3.97. The van der Waals surface area contributed by atoms with Crippen LogP contribution in [0.4, 0.5) is 0 Å². The van der Waals surface area contributed by atoms with Gasteiger partial charge in [-0.1, -0.05) is 36.4 Å². The number of hydrogen-bond acceptors (Lipinski definition) is 3. The maximum absolute atomic E-state index is 13.0. The number of rotatable bonds is 3. The van der Waals surface area contributed by atoms with Crippen LogP contribution >= 0.6 is 0 Å². The van der Waals surface area contributed by atoms with Gasteiger partial charge < -0.3 is 0 Å². The Hall–Kier alpha value is -2.92. The Morgan fingerprint density at radius 1 is 0.792 bits per heavy atom. The second-order valence-electron chi connectivity index (χ2n) is 5.41. The molecule has 4 nitrogen and oxygen atoms in total. The van der Waals surface area contributed by atoms with E-state index in [2.05, 4.69) is 4.98 Å². The topological polar surface area (TPSA) is 52.0 Å². The Kier molecular flexibility index (Phi) is 3.43. The van der Waals surface area contributed by atoms with Crippen LogP contribution in [0.2, 0.25) is 0 Å². The number of benzene rings is 2. The molecule has 118 valence electrons. The summed E-state index contributed by atoms with van der Waals surface area (Å²) in [5, 5.41) is 0.892. The molecule has 0 aliphatic carbocycles. The van der Waals surface area contributed by atoms with Crippen molar-refractivity contribution in [2.45, 2.75) is 4.90 Å². The van der Waals surface area contributed by atoms with Gasteiger partial charge in [0.1, 0.15) is 0 Å². The van der Waals surface area contributed by atoms with Crippen LogP contribution in [0.1, 0.15) is 0 Å². The van der Waals surface area contributed by atoms with Gasteiger partial charge in [-0.2, -0.15) is 0 Å². The Morgan fingerprint density at radius 3 is 2.21 bits per heavy atom. The number of pyridine rings is 1. The molecule has 0 bridgehead atoms. The zero-order chi connectivity index (χ0) is 16.6. The first-order chi connectivity index (χ1) is 11.7. The van der Waals surface area contributed by atoms with Crippen molar-refractivity contribution in [1.29, 1.82) is 0 Å². The minimum atomic E-state index is -3.65. The van der Waals surface area contributed by atoms with E-state index in [1.54, 1.807) is 48.9 Å². The smallest absolute Gasteiger partial charge is 0.265 e. The van der Waals surface area contributed by atoms with Crippen LogP contribution in [0.3, 0.4) is 0 Å². The fourth-order valence-electron chi connectivity index (χ4n) is 2.82. The van der Waals surface area contributed by atoms with Crippen LogP contribution in [0.25, 0.3) is 22.0 Å². The van der Waals surface area contributed by atoms with Crippen molar-refractivity contribution in [2.75, 3.05) is 0 Å². The molecular weight excluding hydrogens is 320 g/mol. The molecule has 2 heterocycles. The van der Waals surface area contributed by atoms with Crippen molar-refractivity contribution >= 4 is 20.9 Å². The number of para-hydroxylation sites is 1. The van der Waals surface area contributed by atoms with Gasteiger partial charge in [-0.25, -0.2) is 12.4 Å². The van der Waals surface area contributed by atoms with Crippen molar-refractivity contribution in [3.05, 3.63) is 85.3 Å². The minimum Gasteiger partial charge on any atom is -0.265 e. The molecule has 0 aliphatic rings. The van der Waals surface area contributed by atoms with Crippen LogP contribution < -0.4 is 0 Å².